The maximum atomic E-state index is 10.6. The molecular formula is C13H19NO2. The van der Waals surface area contributed by atoms with Gasteiger partial charge in [-0.15, -0.1) is 0 Å². The minimum Gasteiger partial charge on any atom is -0.496 e. The summed E-state index contributed by atoms with van der Waals surface area (Å²) in [6.07, 6.45) is 1.72. The zero-order chi connectivity index (χ0) is 11.6. The van der Waals surface area contributed by atoms with Crippen LogP contribution in [0.4, 0.5) is 0 Å². The van der Waals surface area contributed by atoms with E-state index in [1.165, 1.54) is 5.56 Å². The van der Waals surface area contributed by atoms with Crippen LogP contribution >= 0.6 is 0 Å². The van der Waals surface area contributed by atoms with E-state index in [9.17, 15) is 5.11 Å². The van der Waals surface area contributed by atoms with Gasteiger partial charge in [0.1, 0.15) is 11.4 Å². The number of hydrogen-bond donors (Lipinski definition) is 2. The number of benzene rings is 1. The number of β-amino-alcohol motifs (C(OH)–C–C–N with tert-alkyl or cyclic N) is 1. The van der Waals surface area contributed by atoms with Crippen LogP contribution < -0.4 is 10.1 Å². The molecule has 1 heterocycles. The molecule has 3 heteroatoms. The number of aryl methyl sites for hydroxylation is 1. The van der Waals surface area contributed by atoms with Gasteiger partial charge in [-0.2, -0.15) is 0 Å². The van der Waals surface area contributed by atoms with E-state index in [1.807, 2.05) is 12.1 Å². The molecule has 1 fully saturated rings. The van der Waals surface area contributed by atoms with Crippen molar-refractivity contribution in [2.24, 2.45) is 0 Å². The van der Waals surface area contributed by atoms with Gasteiger partial charge in [0.2, 0.25) is 0 Å². The van der Waals surface area contributed by atoms with Crippen molar-refractivity contribution in [2.45, 2.75) is 25.4 Å². The second-order valence-electron chi connectivity index (χ2n) is 4.35. The highest BCUT2D eigenvalue weighted by molar-refractivity contribution is 5.42. The van der Waals surface area contributed by atoms with E-state index in [2.05, 4.69) is 18.3 Å². The largest absolute Gasteiger partial charge is 0.496 e. The highest BCUT2D eigenvalue weighted by Crippen LogP contribution is 2.35. The SMILES string of the molecule is CCc1ccc(OC)c(C2(O)CCNC2)c1. The van der Waals surface area contributed by atoms with Gasteiger partial charge in [-0.25, -0.2) is 0 Å². The van der Waals surface area contributed by atoms with Crippen molar-refractivity contribution < 1.29 is 9.84 Å². The quantitative estimate of drug-likeness (QED) is 0.811. The molecule has 0 radical (unpaired) electrons. The van der Waals surface area contributed by atoms with E-state index in [-0.39, 0.29) is 0 Å². The Hall–Kier alpha value is -1.06. The van der Waals surface area contributed by atoms with E-state index in [4.69, 9.17) is 4.74 Å². The Bertz CT molecular complexity index is 370. The highest BCUT2D eigenvalue weighted by Gasteiger charge is 2.35. The lowest BCUT2D eigenvalue weighted by atomic mass is 9.90. The minimum absolute atomic E-state index is 0.608. The third kappa shape index (κ3) is 1.93. The summed E-state index contributed by atoms with van der Waals surface area (Å²) in [7, 11) is 1.65. The molecule has 1 aliphatic heterocycles. The molecule has 0 saturated carbocycles. The summed E-state index contributed by atoms with van der Waals surface area (Å²) in [6, 6.07) is 6.06. The van der Waals surface area contributed by atoms with Gasteiger partial charge < -0.3 is 15.2 Å². The third-order valence-electron chi connectivity index (χ3n) is 3.31. The molecule has 0 bridgehead atoms. The molecule has 16 heavy (non-hydrogen) atoms. The van der Waals surface area contributed by atoms with Crippen LogP contribution in [-0.4, -0.2) is 25.3 Å². The van der Waals surface area contributed by atoms with Crippen molar-refractivity contribution in [3.63, 3.8) is 0 Å². The highest BCUT2D eigenvalue weighted by atomic mass is 16.5. The van der Waals surface area contributed by atoms with Crippen molar-refractivity contribution in [3.05, 3.63) is 29.3 Å². The first-order chi connectivity index (χ1) is 7.69. The summed E-state index contributed by atoms with van der Waals surface area (Å²) in [4.78, 5) is 0. The molecule has 88 valence electrons. The van der Waals surface area contributed by atoms with Crippen LogP contribution in [-0.2, 0) is 12.0 Å². The van der Waals surface area contributed by atoms with Crippen LogP contribution in [0.2, 0.25) is 0 Å². The minimum atomic E-state index is -0.767. The van der Waals surface area contributed by atoms with Crippen molar-refractivity contribution >= 4 is 0 Å². The van der Waals surface area contributed by atoms with Gasteiger partial charge in [0.15, 0.2) is 0 Å². The molecule has 3 nitrogen and oxygen atoms in total. The summed E-state index contributed by atoms with van der Waals surface area (Å²) >= 11 is 0. The van der Waals surface area contributed by atoms with Crippen LogP contribution in [0.1, 0.15) is 24.5 Å². The molecule has 1 aliphatic rings. The first-order valence-corrected chi connectivity index (χ1v) is 5.80. The fourth-order valence-electron chi connectivity index (χ4n) is 2.25. The molecule has 0 aliphatic carbocycles. The molecule has 1 saturated heterocycles. The van der Waals surface area contributed by atoms with Crippen molar-refractivity contribution in [1.82, 2.24) is 5.32 Å². The van der Waals surface area contributed by atoms with E-state index in [0.29, 0.717) is 6.54 Å². The van der Waals surface area contributed by atoms with Gasteiger partial charge >= 0.3 is 0 Å². The number of ether oxygens (including phenoxy) is 1. The van der Waals surface area contributed by atoms with Crippen LogP contribution in [0.5, 0.6) is 5.75 Å². The standard InChI is InChI=1S/C13H19NO2/c1-3-10-4-5-12(16-2)11(8-10)13(15)6-7-14-9-13/h4-5,8,14-15H,3,6-7,9H2,1-2H3. The van der Waals surface area contributed by atoms with E-state index in [1.54, 1.807) is 7.11 Å². The predicted octanol–water partition coefficient (Wildman–Crippen LogP) is 1.44. The molecule has 2 rings (SSSR count). The van der Waals surface area contributed by atoms with Crippen molar-refractivity contribution in [3.8, 4) is 5.75 Å². The Labute approximate surface area is 96.4 Å². The zero-order valence-electron chi connectivity index (χ0n) is 9.92. The lowest BCUT2D eigenvalue weighted by Gasteiger charge is -2.24. The number of aliphatic hydroxyl groups is 1. The summed E-state index contributed by atoms with van der Waals surface area (Å²) in [5, 5.41) is 13.7. The van der Waals surface area contributed by atoms with Gasteiger partial charge in [-0.3, -0.25) is 0 Å². The molecule has 0 aromatic heterocycles. The van der Waals surface area contributed by atoms with Gasteiger partial charge in [-0.1, -0.05) is 13.0 Å². The van der Waals surface area contributed by atoms with Gasteiger partial charge in [0.25, 0.3) is 0 Å². The third-order valence-corrected chi connectivity index (χ3v) is 3.31. The number of methoxy groups -OCH3 is 1. The Morgan fingerprint density at radius 2 is 2.31 bits per heavy atom. The monoisotopic (exact) mass is 221 g/mol. The molecule has 1 aromatic carbocycles. The second kappa shape index (κ2) is 4.44. The Kier molecular flexibility index (Phi) is 3.17. The topological polar surface area (TPSA) is 41.5 Å². The predicted molar refractivity (Wildman–Crippen MR) is 63.8 cm³/mol. The summed E-state index contributed by atoms with van der Waals surface area (Å²) in [5.41, 5.74) is 1.38. The number of nitrogens with one attached hydrogen (secondary N) is 1. The lowest BCUT2D eigenvalue weighted by Crippen LogP contribution is -2.29. The normalized spacial score (nSPS) is 24.7. The van der Waals surface area contributed by atoms with Crippen LogP contribution in [0.3, 0.4) is 0 Å². The molecular weight excluding hydrogens is 202 g/mol. The van der Waals surface area contributed by atoms with Crippen molar-refractivity contribution in [1.29, 1.82) is 0 Å². The van der Waals surface area contributed by atoms with Gasteiger partial charge in [0.05, 0.1) is 7.11 Å². The maximum Gasteiger partial charge on any atom is 0.125 e. The molecule has 0 spiro atoms. The number of rotatable bonds is 3. The summed E-state index contributed by atoms with van der Waals surface area (Å²) in [5.74, 6) is 0.781. The Morgan fingerprint density at radius 1 is 1.50 bits per heavy atom. The zero-order valence-corrected chi connectivity index (χ0v) is 9.92. The van der Waals surface area contributed by atoms with E-state index >= 15 is 0 Å². The second-order valence-corrected chi connectivity index (χ2v) is 4.35. The molecule has 2 N–H and O–H groups in total. The van der Waals surface area contributed by atoms with Crippen molar-refractivity contribution in [2.75, 3.05) is 20.2 Å². The van der Waals surface area contributed by atoms with E-state index in [0.717, 1.165) is 30.7 Å². The first-order valence-electron chi connectivity index (χ1n) is 5.80. The average molecular weight is 221 g/mol. The van der Waals surface area contributed by atoms with Crippen LogP contribution in [0.25, 0.3) is 0 Å². The average Bonchev–Trinajstić information content (AvgIpc) is 2.76. The molecule has 1 unspecified atom stereocenters. The maximum absolute atomic E-state index is 10.6. The first kappa shape index (κ1) is 11.4. The summed E-state index contributed by atoms with van der Waals surface area (Å²) < 4.78 is 5.33. The van der Waals surface area contributed by atoms with Crippen LogP contribution in [0.15, 0.2) is 18.2 Å². The Balaban J connectivity index is 2.43. The number of hydrogen-bond acceptors (Lipinski definition) is 3. The lowest BCUT2D eigenvalue weighted by molar-refractivity contribution is 0.0560. The van der Waals surface area contributed by atoms with Gasteiger partial charge in [-0.05, 0) is 37.1 Å². The fraction of sp³-hybridized carbons (Fsp3) is 0.538. The molecule has 0 amide bonds. The van der Waals surface area contributed by atoms with Gasteiger partial charge in [0, 0.05) is 12.1 Å². The smallest absolute Gasteiger partial charge is 0.125 e. The van der Waals surface area contributed by atoms with E-state index < -0.39 is 5.60 Å². The molecule has 1 aromatic rings. The van der Waals surface area contributed by atoms with Crippen LogP contribution in [0, 0.1) is 0 Å². The Morgan fingerprint density at radius 3 is 2.88 bits per heavy atom. The summed E-state index contributed by atoms with van der Waals surface area (Å²) in [6.45, 7) is 3.58. The fourth-order valence-corrected chi connectivity index (χ4v) is 2.25. The molecule has 1 atom stereocenters.